The lowest BCUT2D eigenvalue weighted by Crippen LogP contribution is -2.26. The van der Waals surface area contributed by atoms with Crippen LogP contribution in [0.3, 0.4) is 0 Å². The summed E-state index contributed by atoms with van der Waals surface area (Å²) in [5.41, 5.74) is 0. The van der Waals surface area contributed by atoms with Crippen molar-refractivity contribution < 1.29 is 8.78 Å². The van der Waals surface area contributed by atoms with E-state index in [1.807, 2.05) is 4.90 Å². The number of hydrogen-bond donors (Lipinski definition) is 0. The molecule has 3 heteroatoms. The summed E-state index contributed by atoms with van der Waals surface area (Å²) in [6.07, 6.45) is 2.18. The topological polar surface area (TPSA) is 3.24 Å². The van der Waals surface area contributed by atoms with Crippen LogP contribution in [0.15, 0.2) is 0 Å². The molecule has 66 valence electrons. The van der Waals surface area contributed by atoms with Crippen LogP contribution in [0.2, 0.25) is 0 Å². The summed E-state index contributed by atoms with van der Waals surface area (Å²) in [6, 6.07) is 0. The lowest BCUT2D eigenvalue weighted by atomic mass is 10.3. The average Bonchev–Trinajstić information content (AvgIpc) is 2.26. The van der Waals surface area contributed by atoms with Crippen LogP contribution in [0, 0.1) is 0 Å². The van der Waals surface area contributed by atoms with Crippen molar-refractivity contribution in [1.82, 2.24) is 4.90 Å². The standard InChI is InChI=1S/C8H15F2N/c1-2-3-5-11-6-4-8(9,10)7-11/h2-7H2,1H3. The van der Waals surface area contributed by atoms with Crippen molar-refractivity contribution in [2.24, 2.45) is 0 Å². The highest BCUT2D eigenvalue weighted by atomic mass is 19.3. The van der Waals surface area contributed by atoms with Crippen LogP contribution in [0.4, 0.5) is 8.78 Å². The minimum atomic E-state index is -2.41. The second kappa shape index (κ2) is 3.48. The molecular formula is C8H15F2N. The molecule has 0 aromatic heterocycles. The largest absolute Gasteiger partial charge is 0.297 e. The number of halogens is 2. The Morgan fingerprint density at radius 3 is 2.64 bits per heavy atom. The highest BCUT2D eigenvalue weighted by Gasteiger charge is 2.37. The highest BCUT2D eigenvalue weighted by Crippen LogP contribution is 2.26. The van der Waals surface area contributed by atoms with Crippen LogP contribution >= 0.6 is 0 Å². The fourth-order valence-corrected chi connectivity index (χ4v) is 1.38. The van der Waals surface area contributed by atoms with Crippen LogP contribution in [-0.2, 0) is 0 Å². The van der Waals surface area contributed by atoms with E-state index in [-0.39, 0.29) is 13.0 Å². The van der Waals surface area contributed by atoms with Crippen molar-refractivity contribution in [2.75, 3.05) is 19.6 Å². The van der Waals surface area contributed by atoms with E-state index in [1.54, 1.807) is 0 Å². The molecule has 1 heterocycles. The Hall–Kier alpha value is -0.180. The van der Waals surface area contributed by atoms with Crippen molar-refractivity contribution in [1.29, 1.82) is 0 Å². The zero-order chi connectivity index (χ0) is 8.32. The van der Waals surface area contributed by atoms with Gasteiger partial charge in [-0.2, -0.15) is 0 Å². The Bertz CT molecular complexity index is 125. The second-order valence-corrected chi connectivity index (χ2v) is 3.24. The monoisotopic (exact) mass is 163 g/mol. The van der Waals surface area contributed by atoms with Crippen molar-refractivity contribution >= 4 is 0 Å². The van der Waals surface area contributed by atoms with Gasteiger partial charge in [-0.25, -0.2) is 8.78 Å². The molecule has 0 spiro atoms. The first-order valence-electron chi connectivity index (χ1n) is 4.24. The molecule has 0 unspecified atom stereocenters. The first-order valence-corrected chi connectivity index (χ1v) is 4.24. The molecule has 0 aliphatic carbocycles. The van der Waals surface area contributed by atoms with E-state index in [0.29, 0.717) is 6.54 Å². The van der Waals surface area contributed by atoms with E-state index in [1.165, 1.54) is 0 Å². The van der Waals surface area contributed by atoms with Gasteiger partial charge in [-0.05, 0) is 13.0 Å². The Labute approximate surface area is 66.4 Å². The third-order valence-corrected chi connectivity index (χ3v) is 2.08. The number of alkyl halides is 2. The van der Waals surface area contributed by atoms with Gasteiger partial charge in [-0.3, -0.25) is 4.90 Å². The molecule has 0 N–H and O–H groups in total. The Morgan fingerprint density at radius 2 is 2.18 bits per heavy atom. The first-order chi connectivity index (χ1) is 5.14. The molecule has 0 aromatic rings. The number of hydrogen-bond acceptors (Lipinski definition) is 1. The van der Waals surface area contributed by atoms with Gasteiger partial charge in [0.15, 0.2) is 0 Å². The molecule has 0 saturated carbocycles. The molecule has 1 saturated heterocycles. The van der Waals surface area contributed by atoms with Gasteiger partial charge in [0.05, 0.1) is 6.54 Å². The summed E-state index contributed by atoms with van der Waals surface area (Å²) in [7, 11) is 0. The number of unbranched alkanes of at least 4 members (excludes halogenated alkanes) is 1. The maximum atomic E-state index is 12.6. The van der Waals surface area contributed by atoms with Crippen LogP contribution in [0.5, 0.6) is 0 Å². The van der Waals surface area contributed by atoms with E-state index >= 15 is 0 Å². The van der Waals surface area contributed by atoms with Gasteiger partial charge in [0, 0.05) is 13.0 Å². The van der Waals surface area contributed by atoms with Crippen molar-refractivity contribution in [3.05, 3.63) is 0 Å². The lowest BCUT2D eigenvalue weighted by Gasteiger charge is -2.14. The molecule has 11 heavy (non-hydrogen) atoms. The summed E-state index contributed by atoms with van der Waals surface area (Å²) < 4.78 is 25.2. The molecule has 0 radical (unpaired) electrons. The van der Waals surface area contributed by atoms with Crippen molar-refractivity contribution in [3.8, 4) is 0 Å². The quantitative estimate of drug-likeness (QED) is 0.616. The number of rotatable bonds is 3. The Morgan fingerprint density at radius 1 is 1.45 bits per heavy atom. The minimum Gasteiger partial charge on any atom is -0.297 e. The van der Waals surface area contributed by atoms with E-state index < -0.39 is 5.92 Å². The fourth-order valence-electron chi connectivity index (χ4n) is 1.38. The Balaban J connectivity index is 2.20. The Kier molecular flexibility index (Phi) is 2.82. The summed E-state index contributed by atoms with van der Waals surface area (Å²) in [5.74, 6) is -2.41. The third-order valence-electron chi connectivity index (χ3n) is 2.08. The van der Waals surface area contributed by atoms with Crippen LogP contribution in [0.25, 0.3) is 0 Å². The van der Waals surface area contributed by atoms with E-state index in [0.717, 1.165) is 19.4 Å². The summed E-state index contributed by atoms with van der Waals surface area (Å²) in [5, 5.41) is 0. The van der Waals surface area contributed by atoms with Gasteiger partial charge in [0.1, 0.15) is 0 Å². The molecule has 1 aliphatic heterocycles. The fraction of sp³-hybridized carbons (Fsp3) is 1.00. The molecular weight excluding hydrogens is 148 g/mol. The molecule has 1 nitrogen and oxygen atoms in total. The van der Waals surface area contributed by atoms with Gasteiger partial charge in [0.25, 0.3) is 5.92 Å². The van der Waals surface area contributed by atoms with Crippen molar-refractivity contribution in [3.63, 3.8) is 0 Å². The maximum absolute atomic E-state index is 12.6. The smallest absolute Gasteiger partial charge is 0.261 e. The number of nitrogens with zero attached hydrogens (tertiary/aromatic N) is 1. The zero-order valence-electron chi connectivity index (χ0n) is 6.95. The molecule has 0 bridgehead atoms. The van der Waals surface area contributed by atoms with Gasteiger partial charge >= 0.3 is 0 Å². The summed E-state index contributed by atoms with van der Waals surface area (Å²) in [4.78, 5) is 1.85. The van der Waals surface area contributed by atoms with Crippen LogP contribution in [-0.4, -0.2) is 30.5 Å². The van der Waals surface area contributed by atoms with Gasteiger partial charge in [-0.15, -0.1) is 0 Å². The number of likely N-dealkylation sites (tertiary alicyclic amines) is 1. The maximum Gasteiger partial charge on any atom is 0.261 e. The van der Waals surface area contributed by atoms with Gasteiger partial charge in [0.2, 0.25) is 0 Å². The molecule has 1 rings (SSSR count). The normalized spacial score (nSPS) is 24.3. The zero-order valence-corrected chi connectivity index (χ0v) is 6.95. The first kappa shape index (κ1) is 8.91. The SMILES string of the molecule is CCCCN1CCC(F)(F)C1. The highest BCUT2D eigenvalue weighted by molar-refractivity contribution is 4.81. The molecule has 1 fully saturated rings. The predicted octanol–water partition coefficient (Wildman–Crippen LogP) is 2.13. The molecule has 0 aromatic carbocycles. The van der Waals surface area contributed by atoms with E-state index in [2.05, 4.69) is 6.92 Å². The summed E-state index contributed by atoms with van der Waals surface area (Å²) in [6.45, 7) is 3.47. The third kappa shape index (κ3) is 2.73. The van der Waals surface area contributed by atoms with Gasteiger partial charge < -0.3 is 0 Å². The van der Waals surface area contributed by atoms with E-state index in [4.69, 9.17) is 0 Å². The average molecular weight is 163 g/mol. The molecule has 1 aliphatic rings. The molecule has 0 atom stereocenters. The van der Waals surface area contributed by atoms with E-state index in [9.17, 15) is 8.78 Å². The molecule has 0 amide bonds. The van der Waals surface area contributed by atoms with Crippen LogP contribution < -0.4 is 0 Å². The summed E-state index contributed by atoms with van der Waals surface area (Å²) >= 11 is 0. The van der Waals surface area contributed by atoms with Crippen molar-refractivity contribution in [2.45, 2.75) is 32.1 Å². The lowest BCUT2D eigenvalue weighted by molar-refractivity contribution is 0.0121. The predicted molar refractivity (Wildman–Crippen MR) is 40.9 cm³/mol. The van der Waals surface area contributed by atoms with Crippen LogP contribution in [0.1, 0.15) is 26.2 Å². The minimum absolute atomic E-state index is 0.0208. The van der Waals surface area contributed by atoms with Gasteiger partial charge in [-0.1, -0.05) is 13.3 Å². The second-order valence-electron chi connectivity index (χ2n) is 3.24.